The van der Waals surface area contributed by atoms with E-state index in [1.165, 1.54) is 15.6 Å². The Morgan fingerprint density at radius 3 is 3.05 bits per heavy atom. The second kappa shape index (κ2) is 8.51. The lowest BCUT2D eigenvalue weighted by atomic mass is 10.1. The highest BCUT2D eigenvalue weighted by Crippen LogP contribution is 2.26. The van der Waals surface area contributed by atoms with E-state index in [9.17, 15) is 4.79 Å². The van der Waals surface area contributed by atoms with Gasteiger partial charge in [0.1, 0.15) is 0 Å². The maximum Gasteiger partial charge on any atom is 0.220 e. The number of thiophene rings is 1. The molecule has 3 nitrogen and oxygen atoms in total. The zero-order chi connectivity index (χ0) is 14.5. The van der Waals surface area contributed by atoms with E-state index in [2.05, 4.69) is 40.3 Å². The molecule has 1 aromatic heterocycles. The predicted octanol–water partition coefficient (Wildman–Crippen LogP) is 3.51. The Morgan fingerprint density at radius 2 is 2.23 bits per heavy atom. The van der Waals surface area contributed by atoms with Crippen molar-refractivity contribution < 1.29 is 4.79 Å². The van der Waals surface area contributed by atoms with Gasteiger partial charge in [0.2, 0.25) is 5.91 Å². The summed E-state index contributed by atoms with van der Waals surface area (Å²) >= 11 is 1.79. The number of amides is 1. The van der Waals surface area contributed by atoms with Gasteiger partial charge in [-0.1, -0.05) is 18.2 Å². The van der Waals surface area contributed by atoms with Gasteiger partial charge in [0, 0.05) is 23.7 Å². The highest BCUT2D eigenvalue weighted by molar-refractivity contribution is 7.17. The maximum absolute atomic E-state index is 12.0. The Balaban J connectivity index is 0.00000176. The Kier molecular flexibility index (Phi) is 6.68. The number of aryl methyl sites for hydroxylation is 1. The van der Waals surface area contributed by atoms with Crippen LogP contribution in [0.4, 0.5) is 0 Å². The zero-order valence-electron chi connectivity index (χ0n) is 12.6. The third kappa shape index (κ3) is 4.45. The normalized spacial score (nSPS) is 17.9. The monoisotopic (exact) mass is 338 g/mol. The van der Waals surface area contributed by atoms with Crippen LogP contribution in [0.3, 0.4) is 0 Å². The summed E-state index contributed by atoms with van der Waals surface area (Å²) < 4.78 is 1.34. The molecule has 120 valence electrons. The number of rotatable bonds is 5. The summed E-state index contributed by atoms with van der Waals surface area (Å²) in [6.45, 7) is 2.00. The fourth-order valence-corrected chi connectivity index (χ4v) is 3.94. The lowest BCUT2D eigenvalue weighted by molar-refractivity contribution is -0.122. The summed E-state index contributed by atoms with van der Waals surface area (Å²) in [7, 11) is 0. The minimum atomic E-state index is 0. The Bertz CT molecular complexity index is 607. The first-order valence-corrected chi connectivity index (χ1v) is 8.66. The van der Waals surface area contributed by atoms with Crippen LogP contribution in [0.1, 0.15) is 31.2 Å². The summed E-state index contributed by atoms with van der Waals surface area (Å²) in [5.41, 5.74) is 1.38. The first-order valence-electron chi connectivity index (χ1n) is 7.78. The number of hydrogen-bond acceptors (Lipinski definition) is 3. The van der Waals surface area contributed by atoms with Crippen molar-refractivity contribution in [1.82, 2.24) is 10.6 Å². The van der Waals surface area contributed by atoms with E-state index in [-0.39, 0.29) is 18.3 Å². The van der Waals surface area contributed by atoms with E-state index in [4.69, 9.17) is 0 Å². The molecule has 5 heteroatoms. The first-order chi connectivity index (χ1) is 10.3. The van der Waals surface area contributed by atoms with E-state index in [0.717, 1.165) is 38.8 Å². The van der Waals surface area contributed by atoms with Crippen molar-refractivity contribution in [1.29, 1.82) is 0 Å². The molecule has 1 unspecified atom stereocenters. The molecule has 22 heavy (non-hydrogen) atoms. The summed E-state index contributed by atoms with van der Waals surface area (Å²) in [4.78, 5) is 12.0. The van der Waals surface area contributed by atoms with E-state index in [1.807, 2.05) is 0 Å². The Hall–Kier alpha value is -1.10. The van der Waals surface area contributed by atoms with Crippen LogP contribution in [0.2, 0.25) is 0 Å². The van der Waals surface area contributed by atoms with Gasteiger partial charge in [-0.3, -0.25) is 4.79 Å². The largest absolute Gasteiger partial charge is 0.352 e. The molecule has 2 heterocycles. The number of nitrogens with one attached hydrogen (secondary N) is 2. The standard InChI is InChI=1S/C17H22N2OS.ClH/c20-17(19-14-6-4-10-18-11-14)9-3-5-13-12-21-16-8-2-1-7-15(13)16;/h1-2,7-8,12,14,18H,3-6,9-11H2,(H,19,20);1H. The molecule has 1 aliphatic heterocycles. The number of halogens is 1. The van der Waals surface area contributed by atoms with Gasteiger partial charge in [0.25, 0.3) is 0 Å². The third-order valence-electron chi connectivity index (χ3n) is 4.07. The Morgan fingerprint density at radius 1 is 1.36 bits per heavy atom. The van der Waals surface area contributed by atoms with Gasteiger partial charge in [-0.15, -0.1) is 23.7 Å². The minimum absolute atomic E-state index is 0. The van der Waals surface area contributed by atoms with Crippen molar-refractivity contribution in [2.24, 2.45) is 0 Å². The molecular weight excluding hydrogens is 316 g/mol. The fourth-order valence-electron chi connectivity index (χ4n) is 2.94. The highest BCUT2D eigenvalue weighted by atomic mass is 35.5. The number of carbonyl (C=O) groups excluding carboxylic acids is 1. The molecule has 0 aliphatic carbocycles. The van der Waals surface area contributed by atoms with Gasteiger partial charge in [0.15, 0.2) is 0 Å². The van der Waals surface area contributed by atoms with Crippen LogP contribution >= 0.6 is 23.7 Å². The van der Waals surface area contributed by atoms with Crippen LogP contribution in [-0.4, -0.2) is 25.0 Å². The Labute approximate surface area is 141 Å². The number of carbonyl (C=O) groups is 1. The second-order valence-electron chi connectivity index (χ2n) is 5.72. The van der Waals surface area contributed by atoms with Crippen molar-refractivity contribution in [3.05, 3.63) is 35.2 Å². The van der Waals surface area contributed by atoms with E-state index >= 15 is 0 Å². The molecule has 3 rings (SSSR count). The SMILES string of the molecule is Cl.O=C(CCCc1csc2ccccc12)NC1CCCNC1. The molecular formula is C17H23ClN2OS. The smallest absolute Gasteiger partial charge is 0.220 e. The number of fused-ring (bicyclic) bond motifs is 1. The molecule has 2 aromatic rings. The van der Waals surface area contributed by atoms with Gasteiger partial charge in [-0.25, -0.2) is 0 Å². The number of piperidine rings is 1. The molecule has 0 bridgehead atoms. The molecule has 0 spiro atoms. The number of hydrogen-bond donors (Lipinski definition) is 2. The van der Waals surface area contributed by atoms with Crippen molar-refractivity contribution in [2.75, 3.05) is 13.1 Å². The van der Waals surface area contributed by atoms with Crippen molar-refractivity contribution in [2.45, 2.75) is 38.1 Å². The molecule has 1 aromatic carbocycles. The third-order valence-corrected chi connectivity index (χ3v) is 5.09. The topological polar surface area (TPSA) is 41.1 Å². The molecule has 0 radical (unpaired) electrons. The average Bonchev–Trinajstić information content (AvgIpc) is 2.92. The molecule has 1 aliphatic rings. The van der Waals surface area contributed by atoms with Crippen LogP contribution < -0.4 is 10.6 Å². The zero-order valence-corrected chi connectivity index (χ0v) is 14.3. The van der Waals surface area contributed by atoms with Gasteiger partial charge in [0.05, 0.1) is 0 Å². The molecule has 1 fully saturated rings. The van der Waals surface area contributed by atoms with E-state index < -0.39 is 0 Å². The quantitative estimate of drug-likeness (QED) is 0.875. The van der Waals surface area contributed by atoms with Gasteiger partial charge in [-0.05, 0) is 54.6 Å². The lowest BCUT2D eigenvalue weighted by Gasteiger charge is -2.23. The van der Waals surface area contributed by atoms with Crippen LogP contribution in [0.15, 0.2) is 29.6 Å². The maximum atomic E-state index is 12.0. The minimum Gasteiger partial charge on any atom is -0.352 e. The van der Waals surface area contributed by atoms with Crippen molar-refractivity contribution >= 4 is 39.7 Å². The molecule has 2 N–H and O–H groups in total. The fraction of sp³-hybridized carbons (Fsp3) is 0.471. The van der Waals surface area contributed by atoms with Crippen LogP contribution in [0, 0.1) is 0 Å². The van der Waals surface area contributed by atoms with E-state index in [1.54, 1.807) is 11.3 Å². The lowest BCUT2D eigenvalue weighted by Crippen LogP contribution is -2.45. The van der Waals surface area contributed by atoms with Gasteiger partial charge in [-0.2, -0.15) is 0 Å². The molecule has 0 saturated carbocycles. The number of benzene rings is 1. The predicted molar refractivity (Wildman–Crippen MR) is 96.0 cm³/mol. The first kappa shape index (κ1) is 17.3. The van der Waals surface area contributed by atoms with E-state index in [0.29, 0.717) is 12.5 Å². The summed E-state index contributed by atoms with van der Waals surface area (Å²) in [6.07, 6.45) is 4.80. The van der Waals surface area contributed by atoms with Crippen molar-refractivity contribution in [3.8, 4) is 0 Å². The molecule has 1 atom stereocenters. The van der Waals surface area contributed by atoms with Gasteiger partial charge >= 0.3 is 0 Å². The summed E-state index contributed by atoms with van der Waals surface area (Å²) in [5.74, 6) is 0.197. The van der Waals surface area contributed by atoms with Crippen molar-refractivity contribution in [3.63, 3.8) is 0 Å². The van der Waals surface area contributed by atoms with Crippen LogP contribution in [-0.2, 0) is 11.2 Å². The summed E-state index contributed by atoms with van der Waals surface area (Å²) in [5, 5.41) is 10.0. The average molecular weight is 339 g/mol. The van der Waals surface area contributed by atoms with Crippen LogP contribution in [0.5, 0.6) is 0 Å². The van der Waals surface area contributed by atoms with Crippen LogP contribution in [0.25, 0.3) is 10.1 Å². The highest BCUT2D eigenvalue weighted by Gasteiger charge is 2.15. The second-order valence-corrected chi connectivity index (χ2v) is 6.63. The molecule has 1 amide bonds. The van der Waals surface area contributed by atoms with Gasteiger partial charge < -0.3 is 10.6 Å². The summed E-state index contributed by atoms with van der Waals surface area (Å²) in [6, 6.07) is 8.82. The molecule has 1 saturated heterocycles.